The van der Waals surface area contributed by atoms with Crippen LogP contribution in [0.15, 0.2) is 64.6 Å². The smallest absolute Gasteiger partial charge is 0.872 e. The monoisotopic (exact) mass is 658 g/mol. The number of rotatable bonds is 6. The number of benzene rings is 3. The number of hydrogen-bond acceptors (Lipinski definition) is 6. The molecule has 0 amide bonds. The maximum absolute atomic E-state index is 13.1. The SMILES string of the molecule is CC(C)(C)c1cc(C=NCCN=Cc2cc(C(C)(C)C)cc(C(C)(C)C)c2[O-])c([O-])c(C(C)(C)C)c1.[Al+3].[O-][PH+]([O-])c1ccccc1. The van der Waals surface area contributed by atoms with Crippen molar-refractivity contribution in [2.24, 2.45) is 9.98 Å². The van der Waals surface area contributed by atoms with Crippen LogP contribution in [-0.2, 0) is 21.7 Å². The summed E-state index contributed by atoms with van der Waals surface area (Å²) in [5.74, 6) is 0.0694. The Balaban J connectivity index is 0.000000907. The third-order valence-electron chi connectivity index (χ3n) is 7.41. The van der Waals surface area contributed by atoms with Gasteiger partial charge >= 0.3 is 17.4 Å². The van der Waals surface area contributed by atoms with Gasteiger partial charge in [-0.05, 0) is 67.2 Å². The summed E-state index contributed by atoms with van der Waals surface area (Å²) in [7, 11) is -2.71. The molecular formula is C38H52AlN2O4P. The van der Waals surface area contributed by atoms with Gasteiger partial charge in [0.05, 0.1) is 18.4 Å². The molecule has 8 heteroatoms. The first-order chi connectivity index (χ1) is 20.5. The summed E-state index contributed by atoms with van der Waals surface area (Å²) >= 11 is 0. The maximum Gasteiger partial charge on any atom is 3.00 e. The fraction of sp³-hybridized carbons (Fsp3) is 0.474. The average molecular weight is 659 g/mol. The van der Waals surface area contributed by atoms with Crippen LogP contribution >= 0.6 is 8.38 Å². The third-order valence-corrected chi connectivity index (χ3v) is 8.22. The van der Waals surface area contributed by atoms with E-state index in [1.54, 1.807) is 42.8 Å². The van der Waals surface area contributed by atoms with Gasteiger partial charge in [0.25, 0.3) is 0 Å². The van der Waals surface area contributed by atoms with Gasteiger partial charge in [0, 0.05) is 12.4 Å². The third kappa shape index (κ3) is 12.3. The summed E-state index contributed by atoms with van der Waals surface area (Å²) < 4.78 is 0. The zero-order valence-corrected chi connectivity index (χ0v) is 32.0. The minimum absolute atomic E-state index is 0. The zero-order valence-electron chi connectivity index (χ0n) is 29.9. The molecule has 0 saturated carbocycles. The molecule has 0 fully saturated rings. The molecule has 0 aliphatic carbocycles. The van der Waals surface area contributed by atoms with E-state index in [9.17, 15) is 20.0 Å². The fourth-order valence-corrected chi connectivity index (χ4v) is 4.95. The van der Waals surface area contributed by atoms with E-state index < -0.39 is 8.38 Å². The normalized spacial score (nSPS) is 12.8. The fourth-order valence-electron chi connectivity index (χ4n) is 4.49. The van der Waals surface area contributed by atoms with Gasteiger partial charge in [0.15, 0.2) is 0 Å². The zero-order chi connectivity index (χ0) is 34.4. The van der Waals surface area contributed by atoms with Gasteiger partial charge in [0.2, 0.25) is 0 Å². The van der Waals surface area contributed by atoms with Gasteiger partial charge in [-0.25, -0.2) is 0 Å². The molecule has 0 unspecified atom stereocenters. The molecule has 0 heterocycles. The van der Waals surface area contributed by atoms with Crippen LogP contribution in [-0.4, -0.2) is 42.9 Å². The van der Waals surface area contributed by atoms with E-state index in [1.807, 2.05) is 24.3 Å². The van der Waals surface area contributed by atoms with Crippen molar-refractivity contribution in [1.29, 1.82) is 0 Å². The molecule has 0 aromatic heterocycles. The Morgan fingerprint density at radius 3 is 1.17 bits per heavy atom. The molecule has 6 nitrogen and oxygen atoms in total. The second-order valence-corrected chi connectivity index (χ2v) is 16.8. The first-order valence-corrected chi connectivity index (χ1v) is 16.8. The van der Waals surface area contributed by atoms with Crippen LogP contribution < -0.4 is 25.3 Å². The first-order valence-electron chi connectivity index (χ1n) is 15.5. The van der Waals surface area contributed by atoms with Crippen molar-refractivity contribution in [1.82, 2.24) is 0 Å². The first kappa shape index (κ1) is 41.5. The average Bonchev–Trinajstić information content (AvgIpc) is 2.90. The molecule has 0 atom stereocenters. The predicted octanol–water partition coefficient (Wildman–Crippen LogP) is 5.26. The molecular weight excluding hydrogens is 606 g/mol. The van der Waals surface area contributed by atoms with Gasteiger partial charge < -0.3 is 20.0 Å². The predicted molar refractivity (Wildman–Crippen MR) is 192 cm³/mol. The van der Waals surface area contributed by atoms with E-state index >= 15 is 0 Å². The van der Waals surface area contributed by atoms with Crippen LogP contribution in [0.25, 0.3) is 0 Å². The van der Waals surface area contributed by atoms with Crippen molar-refractivity contribution in [3.8, 4) is 11.5 Å². The molecule has 0 bridgehead atoms. The number of nitrogens with zero attached hydrogens (tertiary/aromatic N) is 2. The van der Waals surface area contributed by atoms with E-state index in [0.29, 0.717) is 29.5 Å². The van der Waals surface area contributed by atoms with E-state index in [-0.39, 0.29) is 50.5 Å². The number of hydrogen-bond donors (Lipinski definition) is 0. The Hall–Kier alpha value is -2.52. The second kappa shape index (κ2) is 16.5. The molecule has 0 aliphatic rings. The molecule has 3 rings (SSSR count). The molecule has 0 saturated heterocycles. The summed E-state index contributed by atoms with van der Waals surface area (Å²) in [6, 6.07) is 16.4. The Kier molecular flexibility index (Phi) is 14.9. The van der Waals surface area contributed by atoms with Crippen LogP contribution in [0.1, 0.15) is 116 Å². The van der Waals surface area contributed by atoms with Gasteiger partial charge in [-0.1, -0.05) is 145 Å². The molecule has 46 heavy (non-hydrogen) atoms. The second-order valence-electron chi connectivity index (χ2n) is 15.6. The molecule has 3 aromatic rings. The summed E-state index contributed by atoms with van der Waals surface area (Å²) in [6.45, 7) is 26.2. The van der Waals surface area contributed by atoms with E-state index in [0.717, 1.165) is 22.3 Å². The van der Waals surface area contributed by atoms with Gasteiger partial charge in [-0.15, -0.1) is 0 Å². The Bertz CT molecular complexity index is 1380. The van der Waals surface area contributed by atoms with Crippen LogP contribution in [0.3, 0.4) is 0 Å². The summed E-state index contributed by atoms with van der Waals surface area (Å²) in [4.78, 5) is 29.5. The van der Waals surface area contributed by atoms with E-state index in [4.69, 9.17) is 0 Å². The minimum Gasteiger partial charge on any atom is -0.872 e. The molecule has 246 valence electrons. The van der Waals surface area contributed by atoms with Crippen LogP contribution in [0.2, 0.25) is 0 Å². The summed E-state index contributed by atoms with van der Waals surface area (Å²) in [6.07, 6.45) is 3.36. The summed E-state index contributed by atoms with van der Waals surface area (Å²) in [5, 5.41) is 26.6. The largest absolute Gasteiger partial charge is 3.00 e. The molecule has 0 aliphatic heterocycles. The molecule has 0 N–H and O–H groups in total. The Morgan fingerprint density at radius 2 is 0.913 bits per heavy atom. The molecule has 3 aromatic carbocycles. The topological polar surface area (TPSA) is 117 Å². The molecule has 0 radical (unpaired) electrons. The van der Waals surface area contributed by atoms with Crippen LogP contribution in [0.5, 0.6) is 11.5 Å². The Labute approximate surface area is 289 Å². The van der Waals surface area contributed by atoms with Crippen molar-refractivity contribution >= 4 is 43.5 Å². The van der Waals surface area contributed by atoms with Gasteiger partial charge in [0.1, 0.15) is 0 Å². The van der Waals surface area contributed by atoms with Crippen LogP contribution in [0.4, 0.5) is 0 Å². The van der Waals surface area contributed by atoms with Crippen LogP contribution in [0, 0.1) is 0 Å². The van der Waals surface area contributed by atoms with Crippen molar-refractivity contribution in [2.45, 2.75) is 105 Å². The van der Waals surface area contributed by atoms with Crippen molar-refractivity contribution in [2.75, 3.05) is 13.1 Å². The van der Waals surface area contributed by atoms with Gasteiger partial charge in [-0.3, -0.25) is 9.98 Å². The van der Waals surface area contributed by atoms with E-state index in [1.165, 1.54) is 0 Å². The molecule has 0 spiro atoms. The Morgan fingerprint density at radius 1 is 0.565 bits per heavy atom. The standard InChI is InChI=1S/C32H48N2O2.C6H6O2P.Al/c1-29(2,3)23-15-21(27(35)25(17-23)31(7,8)9)19-33-13-14-34-20-22-16-24(30(4,5)6)18-26(28(22)36)32(10,11)12;7-9(8)6-4-2-1-3-5-6;/h15-20,35-36H,13-14H2,1-12H3;1-5,9H;/q;-1;+3/p-2. The van der Waals surface area contributed by atoms with E-state index in [2.05, 4.69) is 93.1 Å². The van der Waals surface area contributed by atoms with Gasteiger partial charge in [-0.2, -0.15) is 0 Å². The quantitative estimate of drug-likeness (QED) is 0.156. The number of aliphatic imine (C=N–C) groups is 2. The van der Waals surface area contributed by atoms with Crippen molar-refractivity contribution < 1.29 is 20.0 Å². The van der Waals surface area contributed by atoms with Crippen molar-refractivity contribution in [3.63, 3.8) is 0 Å². The maximum atomic E-state index is 13.1. The minimum atomic E-state index is -2.71. The van der Waals surface area contributed by atoms with Crippen molar-refractivity contribution in [3.05, 3.63) is 88.0 Å². The summed E-state index contributed by atoms with van der Waals surface area (Å²) in [5.41, 5.74) is 4.50.